The van der Waals surface area contributed by atoms with E-state index in [9.17, 15) is 9.59 Å². The number of aryl methyl sites for hydroxylation is 1. The average Bonchev–Trinajstić information content (AvgIpc) is 3.26. The predicted molar refractivity (Wildman–Crippen MR) is 109 cm³/mol. The van der Waals surface area contributed by atoms with Gasteiger partial charge in [-0.1, -0.05) is 18.2 Å². The van der Waals surface area contributed by atoms with Crippen LogP contribution in [0.5, 0.6) is 5.75 Å². The van der Waals surface area contributed by atoms with E-state index in [1.54, 1.807) is 17.0 Å². The molecule has 0 bridgehead atoms. The zero-order valence-electron chi connectivity index (χ0n) is 16.2. The molecule has 2 aromatic carbocycles. The SMILES string of the molecule is Cc1cccc(OCC(=O)Nc2ccc3c(c2)CN(C(=O)c2ccco2)CC3)c1. The van der Waals surface area contributed by atoms with Gasteiger partial charge in [-0.2, -0.15) is 0 Å². The van der Waals surface area contributed by atoms with Gasteiger partial charge in [0.2, 0.25) is 0 Å². The molecule has 0 atom stereocenters. The molecule has 4 rings (SSSR count). The van der Waals surface area contributed by atoms with Crippen molar-refractivity contribution in [2.45, 2.75) is 19.9 Å². The predicted octanol–water partition coefficient (Wildman–Crippen LogP) is 3.80. The van der Waals surface area contributed by atoms with E-state index < -0.39 is 0 Å². The highest BCUT2D eigenvalue weighted by atomic mass is 16.5. The number of carbonyl (C=O) groups is 2. The van der Waals surface area contributed by atoms with Gasteiger partial charge in [-0.15, -0.1) is 0 Å². The van der Waals surface area contributed by atoms with Crippen LogP contribution in [0.15, 0.2) is 65.3 Å². The molecule has 0 radical (unpaired) electrons. The van der Waals surface area contributed by atoms with Crippen LogP contribution in [0.4, 0.5) is 5.69 Å². The average molecular weight is 390 g/mol. The fourth-order valence-electron chi connectivity index (χ4n) is 3.42. The Kier molecular flexibility index (Phi) is 5.33. The Balaban J connectivity index is 1.38. The van der Waals surface area contributed by atoms with Gasteiger partial charge in [0.1, 0.15) is 5.75 Å². The van der Waals surface area contributed by atoms with Crippen LogP contribution in [0.2, 0.25) is 0 Å². The van der Waals surface area contributed by atoms with Gasteiger partial charge < -0.3 is 19.4 Å². The molecular formula is C23H22N2O4. The smallest absolute Gasteiger partial charge is 0.289 e. The van der Waals surface area contributed by atoms with E-state index in [2.05, 4.69) is 5.32 Å². The van der Waals surface area contributed by atoms with E-state index in [-0.39, 0.29) is 18.4 Å². The first-order valence-corrected chi connectivity index (χ1v) is 9.52. The molecule has 6 nitrogen and oxygen atoms in total. The number of nitrogens with one attached hydrogen (secondary N) is 1. The standard InChI is InChI=1S/C23H22N2O4/c1-16-4-2-5-20(12-16)29-15-22(26)24-19-8-7-17-9-10-25(14-18(17)13-19)23(27)21-6-3-11-28-21/h2-8,11-13H,9-10,14-15H2,1H3,(H,24,26). The molecular weight excluding hydrogens is 368 g/mol. The number of hydrogen-bond acceptors (Lipinski definition) is 4. The minimum atomic E-state index is -0.231. The quantitative estimate of drug-likeness (QED) is 0.719. The van der Waals surface area contributed by atoms with Crippen molar-refractivity contribution < 1.29 is 18.7 Å². The van der Waals surface area contributed by atoms with Gasteiger partial charge in [-0.3, -0.25) is 9.59 Å². The number of amides is 2. The van der Waals surface area contributed by atoms with E-state index >= 15 is 0 Å². The second kappa shape index (κ2) is 8.22. The van der Waals surface area contributed by atoms with Crippen molar-refractivity contribution in [2.24, 2.45) is 0 Å². The number of anilines is 1. The van der Waals surface area contributed by atoms with Crippen molar-refractivity contribution in [1.82, 2.24) is 4.90 Å². The molecule has 29 heavy (non-hydrogen) atoms. The summed E-state index contributed by atoms with van der Waals surface area (Å²) in [5.41, 5.74) is 3.97. The molecule has 2 amide bonds. The highest BCUT2D eigenvalue weighted by Crippen LogP contribution is 2.24. The summed E-state index contributed by atoms with van der Waals surface area (Å²) in [6.45, 7) is 3.03. The number of benzene rings is 2. The number of ether oxygens (including phenoxy) is 1. The molecule has 6 heteroatoms. The molecule has 1 N–H and O–H groups in total. The largest absolute Gasteiger partial charge is 0.484 e. The van der Waals surface area contributed by atoms with E-state index in [1.165, 1.54) is 11.8 Å². The zero-order chi connectivity index (χ0) is 20.2. The second-order valence-electron chi connectivity index (χ2n) is 7.09. The molecule has 2 heterocycles. The molecule has 0 spiro atoms. The normalized spacial score (nSPS) is 12.9. The second-order valence-corrected chi connectivity index (χ2v) is 7.09. The van der Waals surface area contributed by atoms with Crippen LogP contribution < -0.4 is 10.1 Å². The molecule has 3 aromatic rings. The minimum Gasteiger partial charge on any atom is -0.484 e. The Morgan fingerprint density at radius 3 is 2.79 bits per heavy atom. The molecule has 0 saturated carbocycles. The maximum atomic E-state index is 12.5. The summed E-state index contributed by atoms with van der Waals surface area (Å²) in [4.78, 5) is 26.5. The molecule has 0 aliphatic carbocycles. The van der Waals surface area contributed by atoms with Crippen LogP contribution in [0.1, 0.15) is 27.2 Å². The summed E-state index contributed by atoms with van der Waals surface area (Å²) in [6, 6.07) is 16.7. The topological polar surface area (TPSA) is 71.8 Å². The van der Waals surface area contributed by atoms with E-state index in [1.807, 2.05) is 49.4 Å². The van der Waals surface area contributed by atoms with Crippen LogP contribution in [0.3, 0.4) is 0 Å². The van der Waals surface area contributed by atoms with Gasteiger partial charge >= 0.3 is 0 Å². The van der Waals surface area contributed by atoms with Crippen LogP contribution >= 0.6 is 0 Å². The van der Waals surface area contributed by atoms with Crippen molar-refractivity contribution in [3.05, 3.63) is 83.3 Å². The van der Waals surface area contributed by atoms with Crippen LogP contribution in [-0.2, 0) is 17.8 Å². The Hall–Kier alpha value is -3.54. The molecule has 1 aliphatic rings. The maximum Gasteiger partial charge on any atom is 0.289 e. The number of fused-ring (bicyclic) bond motifs is 1. The highest BCUT2D eigenvalue weighted by molar-refractivity contribution is 5.92. The lowest BCUT2D eigenvalue weighted by atomic mass is 9.99. The van der Waals surface area contributed by atoms with Crippen LogP contribution in [0, 0.1) is 6.92 Å². The number of nitrogens with zero attached hydrogens (tertiary/aromatic N) is 1. The van der Waals surface area contributed by atoms with Crippen molar-refractivity contribution in [2.75, 3.05) is 18.5 Å². The third kappa shape index (κ3) is 4.48. The first-order valence-electron chi connectivity index (χ1n) is 9.52. The van der Waals surface area contributed by atoms with Crippen molar-refractivity contribution >= 4 is 17.5 Å². The Morgan fingerprint density at radius 2 is 2.00 bits per heavy atom. The first-order chi connectivity index (χ1) is 14.1. The lowest BCUT2D eigenvalue weighted by molar-refractivity contribution is -0.118. The number of rotatable bonds is 5. The number of carbonyl (C=O) groups excluding carboxylic acids is 2. The molecule has 0 fully saturated rings. The summed E-state index contributed by atoms with van der Waals surface area (Å²) in [5, 5.41) is 2.86. The monoisotopic (exact) mass is 390 g/mol. The van der Waals surface area contributed by atoms with E-state index in [0.29, 0.717) is 30.3 Å². The third-order valence-corrected chi connectivity index (χ3v) is 4.88. The fourth-order valence-corrected chi connectivity index (χ4v) is 3.42. The molecule has 1 aromatic heterocycles. The van der Waals surface area contributed by atoms with Gasteiger partial charge in [0.25, 0.3) is 11.8 Å². The van der Waals surface area contributed by atoms with Crippen LogP contribution in [0.25, 0.3) is 0 Å². The van der Waals surface area contributed by atoms with Crippen LogP contribution in [-0.4, -0.2) is 29.9 Å². The molecule has 0 unspecified atom stereocenters. The molecule has 0 saturated heterocycles. The maximum absolute atomic E-state index is 12.5. The first kappa shape index (κ1) is 18.8. The third-order valence-electron chi connectivity index (χ3n) is 4.88. The summed E-state index contributed by atoms with van der Waals surface area (Å²) in [7, 11) is 0. The summed E-state index contributed by atoms with van der Waals surface area (Å²) < 4.78 is 10.8. The number of hydrogen-bond donors (Lipinski definition) is 1. The summed E-state index contributed by atoms with van der Waals surface area (Å²) in [5.74, 6) is 0.649. The molecule has 148 valence electrons. The van der Waals surface area contributed by atoms with Gasteiger partial charge in [-0.25, -0.2) is 0 Å². The fraction of sp³-hybridized carbons (Fsp3) is 0.217. The highest BCUT2D eigenvalue weighted by Gasteiger charge is 2.23. The Bertz CT molecular complexity index is 1030. The van der Waals surface area contributed by atoms with Gasteiger partial charge in [0.05, 0.1) is 6.26 Å². The Labute approximate surface area is 169 Å². The van der Waals surface area contributed by atoms with Gasteiger partial charge in [0.15, 0.2) is 12.4 Å². The zero-order valence-corrected chi connectivity index (χ0v) is 16.2. The summed E-state index contributed by atoms with van der Waals surface area (Å²) in [6.07, 6.45) is 2.27. The lowest BCUT2D eigenvalue weighted by Crippen LogP contribution is -2.35. The Morgan fingerprint density at radius 1 is 1.10 bits per heavy atom. The van der Waals surface area contributed by atoms with Crippen molar-refractivity contribution in [1.29, 1.82) is 0 Å². The van der Waals surface area contributed by atoms with Crippen molar-refractivity contribution in [3.8, 4) is 5.75 Å². The number of furan rings is 1. The van der Waals surface area contributed by atoms with Gasteiger partial charge in [0, 0.05) is 18.8 Å². The summed E-state index contributed by atoms with van der Waals surface area (Å²) >= 11 is 0. The van der Waals surface area contributed by atoms with E-state index in [0.717, 1.165) is 17.5 Å². The lowest BCUT2D eigenvalue weighted by Gasteiger charge is -2.28. The van der Waals surface area contributed by atoms with Gasteiger partial charge in [-0.05, 0) is 66.4 Å². The van der Waals surface area contributed by atoms with Crippen molar-refractivity contribution in [3.63, 3.8) is 0 Å². The minimum absolute atomic E-state index is 0.0658. The van der Waals surface area contributed by atoms with E-state index in [4.69, 9.17) is 9.15 Å². The molecule has 1 aliphatic heterocycles.